The van der Waals surface area contributed by atoms with E-state index in [0.717, 1.165) is 6.07 Å². The van der Waals surface area contributed by atoms with Gasteiger partial charge in [-0.15, -0.1) is 0 Å². The van der Waals surface area contributed by atoms with Crippen LogP contribution in [-0.2, 0) is 4.74 Å². The first kappa shape index (κ1) is 14.3. The number of ether oxygens (including phenoxy) is 2. The van der Waals surface area contributed by atoms with Crippen LogP contribution >= 0.6 is 11.6 Å². The predicted octanol–water partition coefficient (Wildman–Crippen LogP) is 3.94. The van der Waals surface area contributed by atoms with Crippen LogP contribution in [0.4, 0.5) is 4.39 Å². The number of benzene rings is 2. The first-order valence-corrected chi connectivity index (χ1v) is 6.16. The molecule has 0 heterocycles. The lowest BCUT2D eigenvalue weighted by atomic mass is 10.0. The van der Waals surface area contributed by atoms with Gasteiger partial charge in [0.1, 0.15) is 11.6 Å². The Kier molecular flexibility index (Phi) is 4.25. The largest absolute Gasteiger partial charge is 0.497 e. The Balaban J connectivity index is 2.51. The van der Waals surface area contributed by atoms with E-state index >= 15 is 0 Å². The van der Waals surface area contributed by atoms with E-state index in [9.17, 15) is 9.18 Å². The summed E-state index contributed by atoms with van der Waals surface area (Å²) >= 11 is 6.08. The van der Waals surface area contributed by atoms with E-state index in [1.54, 1.807) is 18.2 Å². The quantitative estimate of drug-likeness (QED) is 0.804. The van der Waals surface area contributed by atoms with E-state index < -0.39 is 11.8 Å². The minimum absolute atomic E-state index is 0.146. The lowest BCUT2D eigenvalue weighted by Crippen LogP contribution is -2.02. The molecule has 0 aliphatic heterocycles. The van der Waals surface area contributed by atoms with Gasteiger partial charge in [0.25, 0.3) is 0 Å². The molecule has 0 atom stereocenters. The summed E-state index contributed by atoms with van der Waals surface area (Å²) in [5.74, 6) is -0.573. The summed E-state index contributed by atoms with van der Waals surface area (Å²) in [6.07, 6.45) is 0. The Morgan fingerprint density at radius 3 is 2.45 bits per heavy atom. The zero-order chi connectivity index (χ0) is 14.7. The van der Waals surface area contributed by atoms with Crippen LogP contribution in [0.25, 0.3) is 11.1 Å². The van der Waals surface area contributed by atoms with Gasteiger partial charge in [0.2, 0.25) is 0 Å². The fraction of sp³-hybridized carbons (Fsp3) is 0.133. The summed E-state index contributed by atoms with van der Waals surface area (Å²) < 4.78 is 23.8. The average molecular weight is 295 g/mol. The van der Waals surface area contributed by atoms with Crippen molar-refractivity contribution in [1.29, 1.82) is 0 Å². The summed E-state index contributed by atoms with van der Waals surface area (Å²) in [6.45, 7) is 0. The Labute approximate surface area is 120 Å². The third-order valence-corrected chi connectivity index (χ3v) is 3.18. The molecule has 0 bridgehead atoms. The standard InChI is InChI=1S/C15H12ClFO3/c1-19-10-4-6-13(16)12(8-10)11-5-3-9(7-14(11)17)15(18)20-2/h3-8H,1-2H3. The average Bonchev–Trinajstić information content (AvgIpc) is 2.47. The molecule has 104 valence electrons. The van der Waals surface area contributed by atoms with Crippen molar-refractivity contribution in [1.82, 2.24) is 0 Å². The molecule has 0 saturated heterocycles. The van der Waals surface area contributed by atoms with Crippen LogP contribution in [0.1, 0.15) is 10.4 Å². The maximum Gasteiger partial charge on any atom is 0.337 e. The van der Waals surface area contributed by atoms with Gasteiger partial charge in [0.05, 0.1) is 19.8 Å². The minimum atomic E-state index is -0.591. The molecule has 3 nitrogen and oxygen atoms in total. The molecule has 0 aliphatic carbocycles. The number of carbonyl (C=O) groups excluding carboxylic acids is 1. The second kappa shape index (κ2) is 5.92. The molecule has 2 aromatic carbocycles. The molecule has 0 radical (unpaired) electrons. The molecule has 0 fully saturated rings. The number of hydrogen-bond donors (Lipinski definition) is 0. The van der Waals surface area contributed by atoms with Gasteiger partial charge in [-0.2, -0.15) is 0 Å². The summed E-state index contributed by atoms with van der Waals surface area (Å²) in [6, 6.07) is 9.05. The smallest absolute Gasteiger partial charge is 0.337 e. The van der Waals surface area contributed by atoms with Crippen LogP contribution in [-0.4, -0.2) is 20.2 Å². The van der Waals surface area contributed by atoms with Crippen molar-refractivity contribution in [2.24, 2.45) is 0 Å². The Morgan fingerprint density at radius 2 is 1.85 bits per heavy atom. The first-order valence-electron chi connectivity index (χ1n) is 5.78. The van der Waals surface area contributed by atoms with Crippen LogP contribution in [0.2, 0.25) is 5.02 Å². The highest BCUT2D eigenvalue weighted by atomic mass is 35.5. The van der Waals surface area contributed by atoms with E-state index in [-0.39, 0.29) is 5.56 Å². The number of hydrogen-bond acceptors (Lipinski definition) is 3. The van der Waals surface area contributed by atoms with Crippen molar-refractivity contribution in [3.8, 4) is 16.9 Å². The van der Waals surface area contributed by atoms with E-state index in [4.69, 9.17) is 16.3 Å². The lowest BCUT2D eigenvalue weighted by molar-refractivity contribution is 0.0600. The number of rotatable bonds is 3. The molecular weight excluding hydrogens is 283 g/mol. The summed E-state index contributed by atoms with van der Waals surface area (Å²) in [4.78, 5) is 11.3. The maximum absolute atomic E-state index is 14.1. The van der Waals surface area contributed by atoms with Crippen molar-refractivity contribution in [2.45, 2.75) is 0 Å². The Morgan fingerprint density at radius 1 is 1.10 bits per heavy atom. The van der Waals surface area contributed by atoms with Crippen molar-refractivity contribution < 1.29 is 18.7 Å². The molecule has 0 aliphatic rings. The maximum atomic E-state index is 14.1. The number of halogens is 2. The summed E-state index contributed by atoms with van der Waals surface area (Å²) in [7, 11) is 2.76. The van der Waals surface area contributed by atoms with Crippen LogP contribution < -0.4 is 4.74 Å². The molecule has 0 saturated carbocycles. The minimum Gasteiger partial charge on any atom is -0.497 e. The van der Waals surface area contributed by atoms with Crippen molar-refractivity contribution in [2.75, 3.05) is 14.2 Å². The topological polar surface area (TPSA) is 35.5 Å². The van der Waals surface area contributed by atoms with Gasteiger partial charge >= 0.3 is 5.97 Å². The van der Waals surface area contributed by atoms with Gasteiger partial charge < -0.3 is 9.47 Å². The van der Waals surface area contributed by atoms with Crippen molar-refractivity contribution >= 4 is 17.6 Å². The molecule has 0 N–H and O–H groups in total. The molecule has 2 aromatic rings. The highest BCUT2D eigenvalue weighted by molar-refractivity contribution is 6.33. The SMILES string of the molecule is COC(=O)c1ccc(-c2cc(OC)ccc2Cl)c(F)c1. The van der Waals surface area contributed by atoms with Crippen LogP contribution in [0.5, 0.6) is 5.75 Å². The predicted molar refractivity (Wildman–Crippen MR) is 74.7 cm³/mol. The van der Waals surface area contributed by atoms with Gasteiger partial charge in [-0.3, -0.25) is 0 Å². The zero-order valence-corrected chi connectivity index (χ0v) is 11.7. The molecule has 20 heavy (non-hydrogen) atoms. The molecule has 0 aromatic heterocycles. The summed E-state index contributed by atoms with van der Waals surface area (Å²) in [5.41, 5.74) is 0.939. The summed E-state index contributed by atoms with van der Waals surface area (Å²) in [5, 5.41) is 0.399. The van der Waals surface area contributed by atoms with Gasteiger partial charge in [-0.25, -0.2) is 9.18 Å². The number of methoxy groups -OCH3 is 2. The fourth-order valence-electron chi connectivity index (χ4n) is 1.82. The van der Waals surface area contributed by atoms with E-state index in [2.05, 4.69) is 4.74 Å². The molecule has 0 spiro atoms. The van der Waals surface area contributed by atoms with Crippen LogP contribution in [0.3, 0.4) is 0 Å². The van der Waals surface area contributed by atoms with Gasteiger partial charge in [-0.05, 0) is 30.3 Å². The highest BCUT2D eigenvalue weighted by Gasteiger charge is 2.13. The van der Waals surface area contributed by atoms with Crippen molar-refractivity contribution in [3.05, 3.63) is 52.8 Å². The monoisotopic (exact) mass is 294 g/mol. The lowest BCUT2D eigenvalue weighted by Gasteiger charge is -2.09. The van der Waals surface area contributed by atoms with E-state index in [0.29, 0.717) is 21.9 Å². The fourth-order valence-corrected chi connectivity index (χ4v) is 2.04. The second-order valence-corrected chi connectivity index (χ2v) is 4.44. The zero-order valence-electron chi connectivity index (χ0n) is 10.9. The van der Waals surface area contributed by atoms with Gasteiger partial charge in [0, 0.05) is 16.1 Å². The second-order valence-electron chi connectivity index (χ2n) is 4.03. The molecular formula is C15H12ClFO3. The molecule has 5 heteroatoms. The molecule has 2 rings (SSSR count). The molecule has 0 unspecified atom stereocenters. The van der Waals surface area contributed by atoms with E-state index in [1.165, 1.54) is 26.4 Å². The van der Waals surface area contributed by atoms with Gasteiger partial charge in [0.15, 0.2) is 0 Å². The highest BCUT2D eigenvalue weighted by Crippen LogP contribution is 2.33. The molecule has 0 amide bonds. The third kappa shape index (κ3) is 2.75. The van der Waals surface area contributed by atoms with Gasteiger partial charge in [-0.1, -0.05) is 17.7 Å². The first-order chi connectivity index (χ1) is 9.56. The van der Waals surface area contributed by atoms with E-state index in [1.807, 2.05) is 0 Å². The number of esters is 1. The van der Waals surface area contributed by atoms with Crippen LogP contribution in [0, 0.1) is 5.82 Å². The Bertz CT molecular complexity index is 656. The Hall–Kier alpha value is -2.07. The number of carbonyl (C=O) groups is 1. The third-order valence-electron chi connectivity index (χ3n) is 2.85. The van der Waals surface area contributed by atoms with Crippen LogP contribution in [0.15, 0.2) is 36.4 Å². The normalized spacial score (nSPS) is 10.2. The van der Waals surface area contributed by atoms with Crippen molar-refractivity contribution in [3.63, 3.8) is 0 Å².